The van der Waals surface area contributed by atoms with Gasteiger partial charge in [0.2, 0.25) is 5.91 Å². The number of nitriles is 2. The molecular weight excluding hydrogens is 352 g/mol. The summed E-state index contributed by atoms with van der Waals surface area (Å²) in [6, 6.07) is 19.7. The Morgan fingerprint density at radius 1 is 1.11 bits per heavy atom. The summed E-state index contributed by atoms with van der Waals surface area (Å²) in [5.41, 5.74) is 8.50. The van der Waals surface area contributed by atoms with Gasteiger partial charge in [0.15, 0.2) is 0 Å². The summed E-state index contributed by atoms with van der Waals surface area (Å²) in [7, 11) is 0. The minimum Gasteiger partial charge on any atom is -0.381 e. The fourth-order valence-electron chi connectivity index (χ4n) is 3.09. The smallest absolute Gasteiger partial charge is 0.241 e. The summed E-state index contributed by atoms with van der Waals surface area (Å²) in [5.74, 6) is -0.270. The van der Waals surface area contributed by atoms with E-state index in [0.29, 0.717) is 32.5 Å². The zero-order chi connectivity index (χ0) is 20.4. The molecule has 6 heteroatoms. The first kappa shape index (κ1) is 21.1. The molecule has 2 aromatic rings. The van der Waals surface area contributed by atoms with Gasteiger partial charge in [-0.25, -0.2) is 5.26 Å². The first-order chi connectivity index (χ1) is 13.6. The van der Waals surface area contributed by atoms with Crippen molar-refractivity contribution in [2.45, 2.75) is 30.8 Å². The third-order valence-corrected chi connectivity index (χ3v) is 4.80. The van der Waals surface area contributed by atoms with Crippen molar-refractivity contribution in [3.8, 4) is 23.8 Å². The lowest BCUT2D eigenvalue weighted by atomic mass is 9.90. The lowest BCUT2D eigenvalue weighted by Gasteiger charge is -2.32. The van der Waals surface area contributed by atoms with Gasteiger partial charge in [-0.2, -0.15) is 5.26 Å². The highest BCUT2D eigenvalue weighted by Gasteiger charge is 2.36. The van der Waals surface area contributed by atoms with Crippen LogP contribution in [0.4, 0.5) is 0 Å². The van der Waals surface area contributed by atoms with E-state index in [1.807, 2.05) is 42.5 Å². The van der Waals surface area contributed by atoms with E-state index < -0.39 is 11.6 Å². The van der Waals surface area contributed by atoms with Crippen LogP contribution in [0.5, 0.6) is 0 Å². The fourth-order valence-corrected chi connectivity index (χ4v) is 3.09. The van der Waals surface area contributed by atoms with E-state index in [1.165, 1.54) is 0 Å². The fraction of sp³-hybridized carbons (Fsp3) is 0.318. The Hall–Kier alpha value is -3.19. The molecule has 3 N–H and O–H groups in total. The second-order valence-electron chi connectivity index (χ2n) is 6.69. The zero-order valence-electron chi connectivity index (χ0n) is 15.7. The van der Waals surface area contributed by atoms with Crippen molar-refractivity contribution >= 4 is 5.91 Å². The van der Waals surface area contributed by atoms with Crippen molar-refractivity contribution in [1.29, 1.82) is 10.5 Å². The molecule has 144 valence electrons. The molecule has 1 fully saturated rings. The number of rotatable bonds is 5. The molecule has 28 heavy (non-hydrogen) atoms. The maximum atomic E-state index is 12.5. The second kappa shape index (κ2) is 10.2. The SMILES string of the molecule is C#N.N#C[C@H](Cc1ccc(-c2ccccc2)cc1)NC(=O)C1(N)CCOCC1. The minimum absolute atomic E-state index is 0.270. The van der Waals surface area contributed by atoms with E-state index in [-0.39, 0.29) is 5.91 Å². The van der Waals surface area contributed by atoms with Crippen LogP contribution in [0, 0.1) is 23.2 Å². The molecule has 0 unspecified atom stereocenters. The quantitative estimate of drug-likeness (QED) is 0.833. The maximum Gasteiger partial charge on any atom is 0.241 e. The second-order valence-corrected chi connectivity index (χ2v) is 6.69. The van der Waals surface area contributed by atoms with Gasteiger partial charge in [0.25, 0.3) is 0 Å². The van der Waals surface area contributed by atoms with Gasteiger partial charge in [-0.05, 0) is 29.5 Å². The van der Waals surface area contributed by atoms with Gasteiger partial charge in [0, 0.05) is 26.2 Å². The van der Waals surface area contributed by atoms with Gasteiger partial charge in [-0.15, -0.1) is 0 Å². The maximum absolute atomic E-state index is 12.5. The van der Waals surface area contributed by atoms with Crippen LogP contribution in [0.15, 0.2) is 54.6 Å². The summed E-state index contributed by atoms with van der Waals surface area (Å²) in [4.78, 5) is 12.5. The molecule has 0 spiro atoms. The first-order valence-electron chi connectivity index (χ1n) is 9.08. The Kier molecular flexibility index (Phi) is 7.71. The van der Waals surface area contributed by atoms with Crippen molar-refractivity contribution in [1.82, 2.24) is 5.32 Å². The summed E-state index contributed by atoms with van der Waals surface area (Å²) in [6.07, 6.45) is 1.40. The van der Waals surface area contributed by atoms with E-state index in [9.17, 15) is 10.1 Å². The number of hydrogen-bond donors (Lipinski definition) is 2. The van der Waals surface area contributed by atoms with Crippen molar-refractivity contribution in [2.24, 2.45) is 5.73 Å². The number of carbonyl (C=O) groups excluding carboxylic acids is 1. The van der Waals surface area contributed by atoms with Crippen molar-refractivity contribution in [3.63, 3.8) is 0 Å². The van der Waals surface area contributed by atoms with Crippen LogP contribution >= 0.6 is 0 Å². The monoisotopic (exact) mass is 376 g/mol. The molecule has 6 nitrogen and oxygen atoms in total. The Bertz CT molecular complexity index is 819. The number of nitrogens with one attached hydrogen (secondary N) is 1. The standard InChI is InChI=1S/C21H23N3O2.CHN/c22-15-19(24-20(25)21(23)10-12-26-13-11-21)14-16-6-8-18(9-7-16)17-4-2-1-3-5-17;1-2/h1-9,19H,10-14,23H2,(H,24,25);1H/t19-;/m0./s1. The molecule has 3 rings (SSSR count). The summed E-state index contributed by atoms with van der Waals surface area (Å²) in [6.45, 7) is 4.45. The van der Waals surface area contributed by atoms with Crippen LogP contribution in [0.1, 0.15) is 18.4 Å². The lowest BCUT2D eigenvalue weighted by Crippen LogP contribution is -2.58. The molecule has 0 aliphatic carbocycles. The van der Waals surface area contributed by atoms with Crippen LogP contribution in [-0.2, 0) is 16.0 Å². The molecule has 2 aromatic carbocycles. The number of carbonyl (C=O) groups is 1. The van der Waals surface area contributed by atoms with E-state index in [1.54, 1.807) is 0 Å². The number of ether oxygens (including phenoxy) is 1. The van der Waals surface area contributed by atoms with E-state index in [2.05, 4.69) is 30.1 Å². The Morgan fingerprint density at radius 2 is 1.68 bits per heavy atom. The van der Waals surface area contributed by atoms with E-state index >= 15 is 0 Å². The molecule has 0 saturated carbocycles. The number of hydrogen-bond acceptors (Lipinski definition) is 5. The third-order valence-electron chi connectivity index (χ3n) is 4.80. The van der Waals surface area contributed by atoms with Crippen LogP contribution in [-0.4, -0.2) is 30.7 Å². The highest BCUT2D eigenvalue weighted by atomic mass is 16.5. The molecule has 1 heterocycles. The van der Waals surface area contributed by atoms with Crippen LogP contribution in [0.25, 0.3) is 11.1 Å². The highest BCUT2D eigenvalue weighted by Crippen LogP contribution is 2.20. The van der Waals surface area contributed by atoms with Crippen LogP contribution in [0.2, 0.25) is 0 Å². The topological polar surface area (TPSA) is 112 Å². The van der Waals surface area contributed by atoms with Gasteiger partial charge in [-0.3, -0.25) is 4.79 Å². The molecule has 1 saturated heterocycles. The predicted octanol–water partition coefficient (Wildman–Crippen LogP) is 2.55. The van der Waals surface area contributed by atoms with Crippen molar-refractivity contribution in [3.05, 3.63) is 60.2 Å². The zero-order valence-corrected chi connectivity index (χ0v) is 15.7. The third kappa shape index (κ3) is 5.40. The van der Waals surface area contributed by atoms with Gasteiger partial charge in [0.05, 0.1) is 11.6 Å². The molecule has 1 aliphatic heterocycles. The molecule has 1 aliphatic rings. The molecule has 0 bridgehead atoms. The van der Waals surface area contributed by atoms with Gasteiger partial charge in [-0.1, -0.05) is 54.6 Å². The molecule has 0 radical (unpaired) electrons. The van der Waals surface area contributed by atoms with E-state index in [0.717, 1.165) is 16.7 Å². The molecule has 1 atom stereocenters. The summed E-state index contributed by atoms with van der Waals surface area (Å²) < 4.78 is 5.26. The Morgan fingerprint density at radius 3 is 2.25 bits per heavy atom. The number of amides is 1. The average Bonchev–Trinajstić information content (AvgIpc) is 2.76. The highest BCUT2D eigenvalue weighted by molar-refractivity contribution is 5.86. The summed E-state index contributed by atoms with van der Waals surface area (Å²) >= 11 is 0. The molecule has 1 amide bonds. The largest absolute Gasteiger partial charge is 0.381 e. The Balaban J connectivity index is 0.00000136. The average molecular weight is 376 g/mol. The summed E-state index contributed by atoms with van der Waals surface area (Å²) in [5, 5.41) is 18.7. The first-order valence-corrected chi connectivity index (χ1v) is 9.08. The predicted molar refractivity (Wildman–Crippen MR) is 107 cm³/mol. The van der Waals surface area contributed by atoms with Crippen molar-refractivity contribution < 1.29 is 9.53 Å². The molecular formula is C22H24N4O2. The normalized spacial score (nSPS) is 15.9. The number of nitrogens with zero attached hydrogens (tertiary/aromatic N) is 2. The lowest BCUT2D eigenvalue weighted by molar-refractivity contribution is -0.130. The van der Waals surface area contributed by atoms with Crippen molar-refractivity contribution in [2.75, 3.05) is 13.2 Å². The molecule has 0 aromatic heterocycles. The van der Waals surface area contributed by atoms with Gasteiger partial charge >= 0.3 is 0 Å². The van der Waals surface area contributed by atoms with Crippen LogP contribution < -0.4 is 11.1 Å². The van der Waals surface area contributed by atoms with E-state index in [4.69, 9.17) is 15.7 Å². The Labute approximate surface area is 165 Å². The minimum atomic E-state index is -0.940. The van der Waals surface area contributed by atoms with Gasteiger partial charge < -0.3 is 15.8 Å². The van der Waals surface area contributed by atoms with Gasteiger partial charge in [0.1, 0.15) is 6.04 Å². The number of benzene rings is 2. The van der Waals surface area contributed by atoms with Crippen LogP contribution in [0.3, 0.4) is 0 Å². The number of nitrogens with two attached hydrogens (primary N) is 1.